The Balaban J connectivity index is 1.66. The summed E-state index contributed by atoms with van der Waals surface area (Å²) in [6.07, 6.45) is 1.80. The maximum atomic E-state index is 14.0. The number of benzene rings is 2. The van der Waals surface area contributed by atoms with E-state index in [9.17, 15) is 19.7 Å². The van der Waals surface area contributed by atoms with E-state index in [0.29, 0.717) is 38.6 Å². The number of fused-ring (bicyclic) bond motifs is 1. The Morgan fingerprint density at radius 3 is 2.50 bits per heavy atom. The molecule has 5 rings (SSSR count). The number of hydrogen-bond donors (Lipinski definition) is 0. The van der Waals surface area contributed by atoms with Gasteiger partial charge in [0.15, 0.2) is 4.80 Å². The number of carbonyl (C=O) groups excluding carboxylic acids is 1. The monoisotopic (exact) mass is 586 g/mol. The number of non-ortho nitro benzene ring substituents is 1. The van der Waals surface area contributed by atoms with Gasteiger partial charge in [-0.15, -0.1) is 0 Å². The van der Waals surface area contributed by atoms with Crippen LogP contribution in [0.25, 0.3) is 11.8 Å². The summed E-state index contributed by atoms with van der Waals surface area (Å²) in [5.74, 6) is 0.165. The third-order valence-corrected chi connectivity index (χ3v) is 8.06. The van der Waals surface area contributed by atoms with Crippen LogP contribution in [-0.4, -0.2) is 33.2 Å². The molecule has 216 valence electrons. The number of nitro groups is 1. The van der Waals surface area contributed by atoms with Crippen molar-refractivity contribution in [3.8, 4) is 11.4 Å². The van der Waals surface area contributed by atoms with Gasteiger partial charge in [-0.1, -0.05) is 29.5 Å². The third-order valence-electron chi connectivity index (χ3n) is 7.08. The Hall–Kier alpha value is -4.77. The zero-order chi connectivity index (χ0) is 30.1. The van der Waals surface area contributed by atoms with Crippen LogP contribution in [0.4, 0.5) is 5.69 Å². The van der Waals surface area contributed by atoms with E-state index in [4.69, 9.17) is 9.47 Å². The summed E-state index contributed by atoms with van der Waals surface area (Å²) in [6, 6.07) is 15.0. The van der Waals surface area contributed by atoms with Crippen molar-refractivity contribution >= 4 is 29.1 Å². The van der Waals surface area contributed by atoms with Crippen LogP contribution in [0.2, 0.25) is 0 Å². The van der Waals surface area contributed by atoms with Crippen molar-refractivity contribution in [2.45, 2.75) is 40.7 Å². The number of nitro benzene ring substituents is 1. The molecule has 1 aliphatic rings. The minimum Gasteiger partial charge on any atom is -0.494 e. The molecule has 10 nitrogen and oxygen atoms in total. The predicted molar refractivity (Wildman–Crippen MR) is 160 cm³/mol. The maximum Gasteiger partial charge on any atom is 0.338 e. The number of thiazole rings is 1. The maximum absolute atomic E-state index is 14.0. The highest BCUT2D eigenvalue weighted by atomic mass is 32.1. The van der Waals surface area contributed by atoms with Crippen LogP contribution in [0, 0.1) is 24.0 Å². The number of nitrogens with zero attached hydrogens (tertiary/aromatic N) is 4. The zero-order valence-corrected chi connectivity index (χ0v) is 24.7. The van der Waals surface area contributed by atoms with Gasteiger partial charge in [-0.2, -0.15) is 0 Å². The lowest BCUT2D eigenvalue weighted by Gasteiger charge is -2.24. The first-order chi connectivity index (χ1) is 20.1. The molecule has 2 aromatic carbocycles. The number of ether oxygens (including phenoxy) is 2. The van der Waals surface area contributed by atoms with E-state index in [0.717, 1.165) is 22.5 Å². The second-order valence-electron chi connectivity index (χ2n) is 9.74. The Morgan fingerprint density at radius 1 is 1.10 bits per heavy atom. The first kappa shape index (κ1) is 28.7. The van der Waals surface area contributed by atoms with Gasteiger partial charge in [-0.3, -0.25) is 19.5 Å². The molecule has 0 N–H and O–H groups in total. The van der Waals surface area contributed by atoms with Gasteiger partial charge in [0.1, 0.15) is 5.75 Å². The summed E-state index contributed by atoms with van der Waals surface area (Å²) >= 11 is 1.24. The largest absolute Gasteiger partial charge is 0.494 e. The van der Waals surface area contributed by atoms with Crippen molar-refractivity contribution in [3.63, 3.8) is 0 Å². The molecule has 2 aromatic heterocycles. The molecule has 0 amide bonds. The number of hydrogen-bond acceptors (Lipinski definition) is 8. The van der Waals surface area contributed by atoms with E-state index in [-0.39, 0.29) is 17.9 Å². The highest BCUT2D eigenvalue weighted by molar-refractivity contribution is 7.07. The molecule has 42 heavy (non-hydrogen) atoms. The standard InChI is InChI=1S/C31H30N4O6S/c1-6-40-25-13-11-21(12-14-25)28-27(30(37)41-7-2)19(4)32-31-34(28)29(36)26(42-31)16-22-15-18(3)33(20(22)5)23-9-8-10-24(17-23)35(38)39/h8-17,28H,6-7H2,1-5H3/b26-16-/t28-/m1/s1. The summed E-state index contributed by atoms with van der Waals surface area (Å²) < 4.78 is 14.9. The summed E-state index contributed by atoms with van der Waals surface area (Å²) in [5.41, 5.74) is 4.38. The van der Waals surface area contributed by atoms with Crippen LogP contribution < -0.4 is 19.6 Å². The van der Waals surface area contributed by atoms with E-state index in [1.54, 1.807) is 36.6 Å². The lowest BCUT2D eigenvalue weighted by atomic mass is 9.96. The van der Waals surface area contributed by atoms with E-state index >= 15 is 0 Å². The first-order valence-electron chi connectivity index (χ1n) is 13.5. The van der Waals surface area contributed by atoms with Gasteiger partial charge in [0.2, 0.25) is 0 Å². The van der Waals surface area contributed by atoms with Crippen molar-refractivity contribution in [3.05, 3.63) is 118 Å². The van der Waals surface area contributed by atoms with Crippen molar-refractivity contribution < 1.29 is 19.2 Å². The number of esters is 1. The van der Waals surface area contributed by atoms with Gasteiger partial charge in [0.25, 0.3) is 11.2 Å². The minimum absolute atomic E-state index is 0.00285. The van der Waals surface area contributed by atoms with Crippen molar-refractivity contribution in [2.24, 2.45) is 4.99 Å². The van der Waals surface area contributed by atoms with Crippen molar-refractivity contribution in [1.29, 1.82) is 0 Å². The number of carbonyl (C=O) groups is 1. The number of rotatable bonds is 8. The number of aromatic nitrogens is 2. The van der Waals surface area contributed by atoms with Crippen LogP contribution in [-0.2, 0) is 9.53 Å². The van der Waals surface area contributed by atoms with Gasteiger partial charge in [-0.05, 0) is 76.1 Å². The van der Waals surface area contributed by atoms with Crippen LogP contribution in [0.1, 0.15) is 49.3 Å². The van der Waals surface area contributed by atoms with Crippen molar-refractivity contribution in [2.75, 3.05) is 13.2 Å². The molecule has 0 spiro atoms. The topological polar surface area (TPSA) is 118 Å². The molecular weight excluding hydrogens is 556 g/mol. The van der Waals surface area contributed by atoms with Gasteiger partial charge >= 0.3 is 5.97 Å². The summed E-state index contributed by atoms with van der Waals surface area (Å²) in [6.45, 7) is 9.90. The fraction of sp³-hybridized carbons (Fsp3) is 0.258. The SMILES string of the molecule is CCOC(=O)C1=C(C)N=c2s/c(=C\c3cc(C)n(-c4cccc([N+](=O)[O-])c4)c3C)c(=O)n2[C@@H]1c1ccc(OCC)cc1. The summed E-state index contributed by atoms with van der Waals surface area (Å²) in [5, 5.41) is 11.3. The highest BCUT2D eigenvalue weighted by Crippen LogP contribution is 2.32. The van der Waals surface area contributed by atoms with Gasteiger partial charge in [0.05, 0.1) is 45.7 Å². The van der Waals surface area contributed by atoms with Crippen LogP contribution >= 0.6 is 11.3 Å². The highest BCUT2D eigenvalue weighted by Gasteiger charge is 2.33. The summed E-state index contributed by atoms with van der Waals surface area (Å²) in [4.78, 5) is 43.2. The van der Waals surface area contributed by atoms with Crippen LogP contribution in [0.5, 0.6) is 5.75 Å². The Kier molecular flexibility index (Phi) is 7.95. The van der Waals surface area contributed by atoms with Gasteiger partial charge < -0.3 is 14.0 Å². The lowest BCUT2D eigenvalue weighted by molar-refractivity contribution is -0.384. The second-order valence-corrected chi connectivity index (χ2v) is 10.8. The molecule has 0 fully saturated rings. The molecule has 4 aromatic rings. The smallest absolute Gasteiger partial charge is 0.338 e. The Labute approximate surface area is 245 Å². The number of aryl methyl sites for hydroxylation is 1. The molecular formula is C31H30N4O6S. The first-order valence-corrected chi connectivity index (χ1v) is 14.3. The van der Waals surface area contributed by atoms with E-state index in [2.05, 4.69) is 4.99 Å². The number of allylic oxidation sites excluding steroid dienone is 1. The van der Waals surface area contributed by atoms with Crippen LogP contribution in [0.15, 0.2) is 75.7 Å². The molecule has 0 saturated heterocycles. The van der Waals surface area contributed by atoms with Gasteiger partial charge in [-0.25, -0.2) is 9.79 Å². The second kappa shape index (κ2) is 11.6. The molecule has 11 heteroatoms. The van der Waals surface area contributed by atoms with Crippen LogP contribution in [0.3, 0.4) is 0 Å². The van der Waals surface area contributed by atoms with Crippen molar-refractivity contribution in [1.82, 2.24) is 9.13 Å². The fourth-order valence-corrected chi connectivity index (χ4v) is 6.28. The fourth-order valence-electron chi connectivity index (χ4n) is 5.24. The van der Waals surface area contributed by atoms with E-state index in [1.165, 1.54) is 23.5 Å². The molecule has 0 aliphatic carbocycles. The molecule has 0 radical (unpaired) electrons. The Bertz CT molecular complexity index is 1910. The summed E-state index contributed by atoms with van der Waals surface area (Å²) in [7, 11) is 0. The molecule has 3 heterocycles. The predicted octanol–water partition coefficient (Wildman–Crippen LogP) is 4.51. The Morgan fingerprint density at radius 2 is 1.83 bits per heavy atom. The quantitative estimate of drug-likeness (QED) is 0.170. The zero-order valence-electron chi connectivity index (χ0n) is 23.9. The average Bonchev–Trinajstić information content (AvgIpc) is 3.42. The molecule has 0 unspecified atom stereocenters. The van der Waals surface area contributed by atoms with E-state index < -0.39 is 16.9 Å². The molecule has 0 bridgehead atoms. The normalized spacial score (nSPS) is 14.9. The van der Waals surface area contributed by atoms with Gasteiger partial charge in [0, 0.05) is 23.5 Å². The lowest BCUT2D eigenvalue weighted by Crippen LogP contribution is -2.39. The third kappa shape index (κ3) is 5.18. The minimum atomic E-state index is -0.726. The molecule has 1 atom stereocenters. The van der Waals surface area contributed by atoms with E-state index in [1.807, 2.05) is 55.7 Å². The average molecular weight is 587 g/mol. The molecule has 1 aliphatic heterocycles. The molecule has 0 saturated carbocycles.